The van der Waals surface area contributed by atoms with Gasteiger partial charge in [-0.15, -0.1) is 0 Å². The van der Waals surface area contributed by atoms with Crippen LogP contribution in [0.4, 0.5) is 0 Å². The predicted octanol–water partition coefficient (Wildman–Crippen LogP) is 4.63. The lowest BCUT2D eigenvalue weighted by Gasteiger charge is -2.29. The van der Waals surface area contributed by atoms with Crippen molar-refractivity contribution < 1.29 is 18.9 Å². The number of thioether (sulfide) groups is 1. The van der Waals surface area contributed by atoms with E-state index in [0.717, 1.165) is 22.8 Å². The monoisotopic (exact) mass is 452 g/mol. The highest BCUT2D eigenvalue weighted by Crippen LogP contribution is 2.32. The van der Waals surface area contributed by atoms with Gasteiger partial charge in [0.2, 0.25) is 5.91 Å². The van der Waals surface area contributed by atoms with E-state index < -0.39 is 9.52 Å². The number of nitrogens with one attached hydrogen (secondary N) is 1. The SMILES string of the molecule is C=S(C)(=O)c1ccc(Oc2ccncc2)cc1.CCCSC(C)(C)C(C)C(=O)NO. The summed E-state index contributed by atoms with van der Waals surface area (Å²) in [5.74, 6) is 5.59. The Balaban J connectivity index is 0.000000314. The summed E-state index contributed by atoms with van der Waals surface area (Å²) < 4.78 is 17.2. The summed E-state index contributed by atoms with van der Waals surface area (Å²) in [4.78, 5) is 15.8. The number of nitrogens with zero attached hydrogens (tertiary/aromatic N) is 1. The van der Waals surface area contributed by atoms with Crippen LogP contribution in [0.3, 0.4) is 0 Å². The molecule has 0 aliphatic heterocycles. The predicted molar refractivity (Wildman–Crippen MR) is 126 cm³/mol. The summed E-state index contributed by atoms with van der Waals surface area (Å²) in [6, 6.07) is 10.7. The average molecular weight is 453 g/mol. The number of aromatic nitrogens is 1. The Kier molecular flexibility index (Phi) is 10.4. The number of rotatable bonds is 8. The first-order valence-corrected chi connectivity index (χ1v) is 12.7. The molecule has 2 atom stereocenters. The number of hydrogen-bond acceptors (Lipinski definition) is 6. The minimum Gasteiger partial charge on any atom is -0.457 e. The molecule has 8 heteroatoms. The molecule has 0 saturated carbocycles. The Bertz CT molecular complexity index is 883. The van der Waals surface area contributed by atoms with Gasteiger partial charge in [-0.25, -0.2) is 5.48 Å². The van der Waals surface area contributed by atoms with Crippen molar-refractivity contribution in [2.75, 3.05) is 12.0 Å². The molecule has 30 heavy (non-hydrogen) atoms. The molecule has 2 rings (SSSR count). The molecule has 166 valence electrons. The Morgan fingerprint density at radius 3 is 2.23 bits per heavy atom. The van der Waals surface area contributed by atoms with E-state index in [1.807, 2.05) is 20.8 Å². The van der Waals surface area contributed by atoms with Crippen molar-refractivity contribution in [3.8, 4) is 11.5 Å². The number of carbonyl (C=O) groups is 1. The summed E-state index contributed by atoms with van der Waals surface area (Å²) >= 11 is 1.76. The quantitative estimate of drug-likeness (QED) is 0.345. The number of pyridine rings is 1. The average Bonchev–Trinajstić information content (AvgIpc) is 2.72. The minimum atomic E-state index is -2.16. The van der Waals surface area contributed by atoms with Gasteiger partial charge < -0.3 is 4.74 Å². The smallest absolute Gasteiger partial charge is 0.247 e. The van der Waals surface area contributed by atoms with Crippen LogP contribution >= 0.6 is 11.8 Å². The zero-order valence-corrected chi connectivity index (χ0v) is 19.9. The van der Waals surface area contributed by atoms with Crippen molar-refractivity contribution in [2.24, 2.45) is 5.92 Å². The Morgan fingerprint density at radius 1 is 1.23 bits per heavy atom. The fourth-order valence-corrected chi connectivity index (χ4v) is 4.04. The molecule has 0 fully saturated rings. The van der Waals surface area contributed by atoms with Gasteiger partial charge in [0, 0.05) is 28.3 Å². The van der Waals surface area contributed by atoms with Crippen LogP contribution in [-0.2, 0) is 14.3 Å². The van der Waals surface area contributed by atoms with Crippen molar-refractivity contribution in [3.63, 3.8) is 0 Å². The van der Waals surface area contributed by atoms with Crippen molar-refractivity contribution in [2.45, 2.75) is 43.8 Å². The van der Waals surface area contributed by atoms with Gasteiger partial charge in [-0.1, -0.05) is 13.8 Å². The molecule has 0 bridgehead atoms. The van der Waals surface area contributed by atoms with E-state index in [1.54, 1.807) is 72.3 Å². The van der Waals surface area contributed by atoms with Crippen LogP contribution in [0.5, 0.6) is 11.5 Å². The van der Waals surface area contributed by atoms with Gasteiger partial charge in [0.05, 0.1) is 5.92 Å². The normalized spacial score (nSPS) is 13.9. The van der Waals surface area contributed by atoms with Crippen molar-refractivity contribution in [1.29, 1.82) is 0 Å². The molecule has 1 aromatic carbocycles. The van der Waals surface area contributed by atoms with Gasteiger partial charge in [-0.2, -0.15) is 11.8 Å². The third kappa shape index (κ3) is 8.77. The lowest BCUT2D eigenvalue weighted by molar-refractivity contribution is -0.133. The van der Waals surface area contributed by atoms with E-state index in [2.05, 4.69) is 17.8 Å². The maximum atomic E-state index is 11.7. The zero-order valence-electron chi connectivity index (χ0n) is 18.3. The van der Waals surface area contributed by atoms with Crippen LogP contribution in [0.1, 0.15) is 34.1 Å². The molecule has 2 aromatic rings. The maximum absolute atomic E-state index is 11.7. The number of hydroxylamine groups is 1. The summed E-state index contributed by atoms with van der Waals surface area (Å²) in [7, 11) is -2.16. The molecule has 0 aliphatic carbocycles. The van der Waals surface area contributed by atoms with Gasteiger partial charge in [0.15, 0.2) is 0 Å². The third-order valence-electron chi connectivity index (χ3n) is 4.43. The van der Waals surface area contributed by atoms with Crippen LogP contribution in [0, 0.1) is 5.92 Å². The molecule has 2 N–H and O–H groups in total. The van der Waals surface area contributed by atoms with E-state index in [0.29, 0.717) is 5.75 Å². The molecule has 6 nitrogen and oxygen atoms in total. The highest BCUT2D eigenvalue weighted by molar-refractivity contribution is 8.00. The zero-order chi connectivity index (χ0) is 22.8. The molecule has 0 spiro atoms. The van der Waals surface area contributed by atoms with Crippen LogP contribution in [0.25, 0.3) is 0 Å². The summed E-state index contributed by atoms with van der Waals surface area (Å²) in [5, 5.41) is 8.49. The number of amides is 1. The molecule has 1 amide bonds. The molecule has 1 heterocycles. The maximum Gasteiger partial charge on any atom is 0.247 e. The molecular weight excluding hydrogens is 420 g/mol. The Labute approximate surface area is 184 Å². The first-order valence-electron chi connectivity index (χ1n) is 9.59. The topological polar surface area (TPSA) is 88.5 Å². The second kappa shape index (κ2) is 12.0. The van der Waals surface area contributed by atoms with Crippen LogP contribution < -0.4 is 10.2 Å². The minimum absolute atomic E-state index is 0.122. The lowest BCUT2D eigenvalue weighted by atomic mass is 9.96. The second-order valence-electron chi connectivity index (χ2n) is 7.41. The van der Waals surface area contributed by atoms with Crippen molar-refractivity contribution in [3.05, 3.63) is 48.8 Å². The standard InChI is InChI=1S/C13H13NO2S.C9H19NO2S/c1-17(2,15)13-5-3-11(4-6-13)16-12-7-9-14-10-8-12;1-5-6-13-9(3,4)7(2)8(11)10-12/h3-10H,1H2,2H3;7,12H,5-6H2,1-4H3,(H,10,11). The highest BCUT2D eigenvalue weighted by Gasteiger charge is 2.31. The fourth-order valence-electron chi connectivity index (χ4n) is 2.24. The molecule has 2 unspecified atom stereocenters. The van der Waals surface area contributed by atoms with Crippen LogP contribution in [0.2, 0.25) is 0 Å². The molecule has 0 saturated heterocycles. The van der Waals surface area contributed by atoms with Crippen LogP contribution in [0.15, 0.2) is 53.7 Å². The van der Waals surface area contributed by atoms with E-state index in [9.17, 15) is 9.00 Å². The summed E-state index contributed by atoms with van der Waals surface area (Å²) in [6.07, 6.45) is 6.05. The lowest BCUT2D eigenvalue weighted by Crippen LogP contribution is -2.38. The van der Waals surface area contributed by atoms with Crippen molar-refractivity contribution >= 4 is 33.1 Å². The number of hydrogen-bond donors (Lipinski definition) is 2. The van der Waals surface area contributed by atoms with Gasteiger partial charge in [0.1, 0.15) is 11.5 Å². The number of benzene rings is 1. The molecular formula is C22H32N2O4S2. The van der Waals surface area contributed by atoms with E-state index in [-0.39, 0.29) is 16.6 Å². The fraction of sp³-hybridized carbons (Fsp3) is 0.409. The molecule has 0 radical (unpaired) electrons. The van der Waals surface area contributed by atoms with Gasteiger partial charge in [-0.05, 0) is 77.8 Å². The summed E-state index contributed by atoms with van der Waals surface area (Å²) in [5.41, 5.74) is 1.70. The van der Waals surface area contributed by atoms with Gasteiger partial charge in [-0.3, -0.25) is 19.2 Å². The van der Waals surface area contributed by atoms with Crippen LogP contribution in [-0.4, -0.2) is 42.9 Å². The summed E-state index contributed by atoms with van der Waals surface area (Å²) in [6.45, 7) is 7.98. The largest absolute Gasteiger partial charge is 0.457 e. The number of ether oxygens (including phenoxy) is 1. The molecule has 1 aromatic heterocycles. The first-order chi connectivity index (χ1) is 14.0. The van der Waals surface area contributed by atoms with E-state index in [4.69, 9.17) is 9.94 Å². The van der Waals surface area contributed by atoms with Gasteiger partial charge >= 0.3 is 0 Å². The van der Waals surface area contributed by atoms with E-state index >= 15 is 0 Å². The molecule has 0 aliphatic rings. The number of carbonyl (C=O) groups excluding carboxylic acids is 1. The van der Waals surface area contributed by atoms with E-state index in [1.165, 1.54) is 0 Å². The van der Waals surface area contributed by atoms with Gasteiger partial charge in [0.25, 0.3) is 0 Å². The van der Waals surface area contributed by atoms with Crippen molar-refractivity contribution in [1.82, 2.24) is 10.5 Å². The first kappa shape index (κ1) is 26.0. The highest BCUT2D eigenvalue weighted by atomic mass is 32.2. The Hall–Kier alpha value is -2.03. The Morgan fingerprint density at radius 2 is 1.77 bits per heavy atom. The third-order valence-corrected chi connectivity index (χ3v) is 7.41. The second-order valence-corrected chi connectivity index (χ2v) is 11.6.